The molecule has 0 saturated carbocycles. The maximum absolute atomic E-state index is 11.1. The van der Waals surface area contributed by atoms with Gasteiger partial charge in [-0.2, -0.15) is 0 Å². The third-order valence-corrected chi connectivity index (χ3v) is 2.63. The van der Waals surface area contributed by atoms with Gasteiger partial charge in [-0.25, -0.2) is 4.98 Å². The minimum Gasteiger partial charge on any atom is -0.439 e. The van der Waals surface area contributed by atoms with Crippen molar-refractivity contribution in [1.29, 1.82) is 0 Å². The van der Waals surface area contributed by atoms with Gasteiger partial charge in [0.05, 0.1) is 0 Å². The summed E-state index contributed by atoms with van der Waals surface area (Å²) in [6.45, 7) is 5.51. The lowest BCUT2D eigenvalue weighted by molar-refractivity contribution is 0.101. The molecule has 0 radical (unpaired) electrons. The average molecular weight is 275 g/mol. The maximum atomic E-state index is 11.1. The van der Waals surface area contributed by atoms with Crippen LogP contribution in [0.5, 0.6) is 11.6 Å². The lowest BCUT2D eigenvalue weighted by Crippen LogP contribution is -1.95. The normalized spacial score (nSPS) is 9.26. The van der Waals surface area contributed by atoms with Gasteiger partial charge in [-0.15, -0.1) is 9.24 Å². The second kappa shape index (κ2) is 7.65. The van der Waals surface area contributed by atoms with Gasteiger partial charge in [0.25, 0.3) is 0 Å². The number of hydrogen-bond acceptors (Lipinski definition) is 3. The van der Waals surface area contributed by atoms with Gasteiger partial charge < -0.3 is 4.74 Å². The number of benzene rings is 1. The minimum atomic E-state index is -0.00332. The van der Waals surface area contributed by atoms with Crippen LogP contribution in [0.15, 0.2) is 42.6 Å². The first-order valence-corrected chi connectivity index (χ1v) is 6.73. The first-order valence-electron chi connectivity index (χ1n) is 6.15. The summed E-state index contributed by atoms with van der Waals surface area (Å²) >= 11 is 0. The second-order valence-electron chi connectivity index (χ2n) is 3.61. The minimum absolute atomic E-state index is 0.00332. The summed E-state index contributed by atoms with van der Waals surface area (Å²) in [6, 6.07) is 11.0. The van der Waals surface area contributed by atoms with Crippen LogP contribution in [0.3, 0.4) is 0 Å². The Balaban J connectivity index is 0.000000861. The first-order chi connectivity index (χ1) is 9.15. The van der Waals surface area contributed by atoms with Crippen LogP contribution >= 0.6 is 9.24 Å². The number of rotatable bonds is 3. The third kappa shape index (κ3) is 4.80. The van der Waals surface area contributed by atoms with Crippen LogP contribution in [0.4, 0.5) is 0 Å². The number of nitrogens with zero attached hydrogens (tertiary/aromatic N) is 1. The topological polar surface area (TPSA) is 39.2 Å². The van der Waals surface area contributed by atoms with Crippen LogP contribution in [0, 0.1) is 0 Å². The van der Waals surface area contributed by atoms with Gasteiger partial charge in [0, 0.05) is 17.8 Å². The molecule has 0 bridgehead atoms. The molecular formula is C15H18NO2P. The van der Waals surface area contributed by atoms with Crippen LogP contribution in [-0.2, 0) is 0 Å². The van der Waals surface area contributed by atoms with Crippen molar-refractivity contribution in [2.24, 2.45) is 0 Å². The van der Waals surface area contributed by atoms with Crippen molar-refractivity contribution in [2.45, 2.75) is 20.8 Å². The second-order valence-corrected chi connectivity index (χ2v) is 4.28. The molecule has 1 heterocycles. The quantitative estimate of drug-likeness (QED) is 0.634. The molecular weight excluding hydrogens is 257 g/mol. The molecule has 4 heteroatoms. The van der Waals surface area contributed by atoms with Crippen LogP contribution in [0.25, 0.3) is 0 Å². The zero-order valence-electron chi connectivity index (χ0n) is 11.4. The molecule has 0 N–H and O–H groups in total. The Labute approximate surface area is 116 Å². The van der Waals surface area contributed by atoms with E-state index in [9.17, 15) is 4.79 Å². The van der Waals surface area contributed by atoms with E-state index in [-0.39, 0.29) is 5.78 Å². The van der Waals surface area contributed by atoms with Gasteiger partial charge in [-0.1, -0.05) is 26.0 Å². The van der Waals surface area contributed by atoms with Gasteiger partial charge in [-0.05, 0) is 30.4 Å². The van der Waals surface area contributed by atoms with Crippen molar-refractivity contribution in [1.82, 2.24) is 4.98 Å². The zero-order chi connectivity index (χ0) is 14.3. The van der Waals surface area contributed by atoms with Gasteiger partial charge >= 0.3 is 0 Å². The van der Waals surface area contributed by atoms with Crippen molar-refractivity contribution < 1.29 is 9.53 Å². The van der Waals surface area contributed by atoms with Gasteiger partial charge in [0.1, 0.15) is 5.75 Å². The summed E-state index contributed by atoms with van der Waals surface area (Å²) in [6.07, 6.45) is 1.52. The molecule has 1 unspecified atom stereocenters. The zero-order valence-corrected chi connectivity index (χ0v) is 12.5. The SMILES string of the molecule is CC.CC(=O)c1ccc(Oc2ccc(P)cc2)nc1. The molecule has 2 rings (SSSR count). The first kappa shape index (κ1) is 15.3. The number of carbonyl (C=O) groups excluding carboxylic acids is 1. The predicted octanol–water partition coefficient (Wildman–Crippen LogP) is 3.60. The standard InChI is InChI=1S/C13H12NO2P.C2H6/c1-9(15)10-2-7-13(14-8-10)16-11-3-5-12(17)6-4-11;1-2/h2-8H,17H2,1H3;1-2H3. The van der Waals surface area contributed by atoms with E-state index in [1.165, 1.54) is 13.1 Å². The van der Waals surface area contributed by atoms with Crippen molar-refractivity contribution in [3.63, 3.8) is 0 Å². The highest BCUT2D eigenvalue weighted by molar-refractivity contribution is 7.27. The molecule has 0 fully saturated rings. The number of Topliss-reactive ketones (excluding diaryl/α,β-unsaturated/α-hetero) is 1. The Morgan fingerprint density at radius 3 is 2.21 bits per heavy atom. The molecule has 0 aliphatic rings. The van der Waals surface area contributed by atoms with Gasteiger partial charge in [-0.3, -0.25) is 4.79 Å². The van der Waals surface area contributed by atoms with Crippen LogP contribution in [0.2, 0.25) is 0 Å². The molecule has 1 atom stereocenters. The van der Waals surface area contributed by atoms with Crippen molar-refractivity contribution >= 4 is 20.3 Å². The smallest absolute Gasteiger partial charge is 0.219 e. The fraction of sp³-hybridized carbons (Fsp3) is 0.200. The summed E-state index contributed by atoms with van der Waals surface area (Å²) in [5.41, 5.74) is 0.581. The van der Waals surface area contributed by atoms with E-state index in [4.69, 9.17) is 4.74 Å². The molecule has 0 saturated heterocycles. The van der Waals surface area contributed by atoms with Crippen LogP contribution in [0.1, 0.15) is 31.1 Å². The van der Waals surface area contributed by atoms with Gasteiger partial charge in [0.2, 0.25) is 5.88 Å². The molecule has 0 amide bonds. The Morgan fingerprint density at radius 1 is 1.11 bits per heavy atom. The number of ether oxygens (including phenoxy) is 1. The lowest BCUT2D eigenvalue weighted by atomic mass is 10.2. The number of pyridine rings is 1. The molecule has 3 nitrogen and oxygen atoms in total. The maximum Gasteiger partial charge on any atom is 0.219 e. The van der Waals surface area contributed by atoms with E-state index in [0.29, 0.717) is 11.4 Å². The van der Waals surface area contributed by atoms with Crippen molar-refractivity contribution in [2.75, 3.05) is 0 Å². The predicted molar refractivity (Wildman–Crippen MR) is 81.4 cm³/mol. The summed E-state index contributed by atoms with van der Waals surface area (Å²) in [7, 11) is 2.61. The molecule has 2 aromatic rings. The van der Waals surface area contributed by atoms with Gasteiger partial charge in [0.15, 0.2) is 5.78 Å². The van der Waals surface area contributed by atoms with E-state index in [0.717, 1.165) is 11.1 Å². The molecule has 0 aliphatic carbocycles. The van der Waals surface area contributed by atoms with Crippen molar-refractivity contribution in [3.05, 3.63) is 48.2 Å². The number of aromatic nitrogens is 1. The van der Waals surface area contributed by atoms with Crippen LogP contribution < -0.4 is 10.0 Å². The van der Waals surface area contributed by atoms with Crippen molar-refractivity contribution in [3.8, 4) is 11.6 Å². The monoisotopic (exact) mass is 275 g/mol. The Kier molecular flexibility index (Phi) is 6.17. The van der Waals surface area contributed by atoms with Crippen LogP contribution in [-0.4, -0.2) is 10.8 Å². The molecule has 100 valence electrons. The highest BCUT2D eigenvalue weighted by atomic mass is 31.0. The summed E-state index contributed by atoms with van der Waals surface area (Å²) < 4.78 is 5.54. The van der Waals surface area contributed by atoms with E-state index in [1.807, 2.05) is 38.1 Å². The Hall–Kier alpha value is -1.73. The highest BCUT2D eigenvalue weighted by Gasteiger charge is 2.01. The number of hydrogen-bond donors (Lipinski definition) is 0. The third-order valence-electron chi connectivity index (χ3n) is 2.25. The summed E-state index contributed by atoms with van der Waals surface area (Å²) in [5, 5.41) is 1.09. The molecule has 0 aliphatic heterocycles. The number of carbonyl (C=O) groups is 1. The highest BCUT2D eigenvalue weighted by Crippen LogP contribution is 2.18. The number of ketones is 1. The Bertz CT molecular complexity index is 521. The van der Waals surface area contributed by atoms with E-state index < -0.39 is 0 Å². The largest absolute Gasteiger partial charge is 0.439 e. The molecule has 19 heavy (non-hydrogen) atoms. The van der Waals surface area contributed by atoms with E-state index in [2.05, 4.69) is 14.2 Å². The average Bonchev–Trinajstić information content (AvgIpc) is 2.44. The summed E-state index contributed by atoms with van der Waals surface area (Å²) in [4.78, 5) is 15.1. The fourth-order valence-electron chi connectivity index (χ4n) is 1.31. The fourth-order valence-corrected chi connectivity index (χ4v) is 1.50. The molecule has 1 aromatic heterocycles. The lowest BCUT2D eigenvalue weighted by Gasteiger charge is -2.04. The molecule has 1 aromatic carbocycles. The summed E-state index contributed by atoms with van der Waals surface area (Å²) in [5.74, 6) is 1.20. The molecule has 0 spiro atoms. The van der Waals surface area contributed by atoms with E-state index in [1.54, 1.807) is 12.1 Å². The Morgan fingerprint density at radius 2 is 1.74 bits per heavy atom. The van der Waals surface area contributed by atoms with E-state index >= 15 is 0 Å².